The van der Waals surface area contributed by atoms with Crippen LogP contribution in [0.3, 0.4) is 0 Å². The summed E-state index contributed by atoms with van der Waals surface area (Å²) in [7, 11) is 0.372. The number of nitrogens with one attached hydrogen (secondary N) is 1. The summed E-state index contributed by atoms with van der Waals surface area (Å²) < 4.78 is 0. The standard InChI is InChI=1S/C9H12ClNSi/c1-2-11-7-8-5-3-4-6-9(8)12-10/h3-6,11H,2,7H2,1H3. The summed E-state index contributed by atoms with van der Waals surface area (Å²) in [4.78, 5) is 0. The van der Waals surface area contributed by atoms with Crippen molar-refractivity contribution in [2.45, 2.75) is 13.5 Å². The van der Waals surface area contributed by atoms with E-state index in [2.05, 4.69) is 24.4 Å². The van der Waals surface area contributed by atoms with Crippen LogP contribution in [-0.4, -0.2) is 15.4 Å². The maximum Gasteiger partial charge on any atom is 0.210 e. The van der Waals surface area contributed by atoms with E-state index in [0.29, 0.717) is 8.83 Å². The summed E-state index contributed by atoms with van der Waals surface area (Å²) in [6.07, 6.45) is 0. The molecule has 12 heavy (non-hydrogen) atoms. The van der Waals surface area contributed by atoms with Crippen molar-refractivity contribution in [3.63, 3.8) is 0 Å². The smallest absolute Gasteiger partial charge is 0.210 e. The largest absolute Gasteiger partial charge is 0.313 e. The van der Waals surface area contributed by atoms with E-state index in [1.165, 1.54) is 10.8 Å². The summed E-state index contributed by atoms with van der Waals surface area (Å²) in [6.45, 7) is 4.03. The van der Waals surface area contributed by atoms with E-state index in [9.17, 15) is 0 Å². The Morgan fingerprint density at radius 2 is 2.17 bits per heavy atom. The molecule has 0 aliphatic carbocycles. The highest BCUT2D eigenvalue weighted by Crippen LogP contribution is 1.95. The molecule has 0 spiro atoms. The Morgan fingerprint density at radius 3 is 2.83 bits per heavy atom. The Balaban J connectivity index is 2.68. The number of rotatable bonds is 4. The molecule has 64 valence electrons. The predicted molar refractivity (Wildman–Crippen MR) is 55.1 cm³/mol. The number of hydrogen-bond donors (Lipinski definition) is 1. The van der Waals surface area contributed by atoms with Crippen LogP contribution in [0.4, 0.5) is 0 Å². The lowest BCUT2D eigenvalue weighted by atomic mass is 10.2. The van der Waals surface area contributed by atoms with Gasteiger partial charge >= 0.3 is 0 Å². The van der Waals surface area contributed by atoms with Crippen LogP contribution in [0.1, 0.15) is 12.5 Å². The normalized spacial score (nSPS) is 10.2. The maximum atomic E-state index is 5.81. The molecule has 0 fully saturated rings. The molecule has 0 heterocycles. The van der Waals surface area contributed by atoms with Crippen LogP contribution in [0.15, 0.2) is 24.3 Å². The van der Waals surface area contributed by atoms with Gasteiger partial charge in [-0.3, -0.25) is 0 Å². The van der Waals surface area contributed by atoms with Crippen molar-refractivity contribution in [3.05, 3.63) is 29.8 Å². The van der Waals surface area contributed by atoms with Crippen molar-refractivity contribution in [2.24, 2.45) is 0 Å². The summed E-state index contributed by atoms with van der Waals surface area (Å²) in [5, 5.41) is 4.54. The van der Waals surface area contributed by atoms with E-state index in [1.807, 2.05) is 12.1 Å². The Kier molecular flexibility index (Phi) is 4.36. The Labute approximate surface area is 80.7 Å². The van der Waals surface area contributed by atoms with E-state index >= 15 is 0 Å². The molecule has 0 saturated carbocycles. The van der Waals surface area contributed by atoms with Gasteiger partial charge in [0.15, 0.2) is 0 Å². The minimum absolute atomic E-state index is 0.372. The second-order valence-corrected chi connectivity index (χ2v) is 3.83. The van der Waals surface area contributed by atoms with Crippen molar-refractivity contribution in [1.29, 1.82) is 0 Å². The number of benzene rings is 1. The first-order valence-electron chi connectivity index (χ1n) is 4.03. The molecule has 0 aliphatic heterocycles. The van der Waals surface area contributed by atoms with Gasteiger partial charge in [-0.2, -0.15) is 11.1 Å². The fraction of sp³-hybridized carbons (Fsp3) is 0.333. The molecule has 0 bridgehead atoms. The number of hydrogen-bond acceptors (Lipinski definition) is 1. The van der Waals surface area contributed by atoms with Gasteiger partial charge in [0.1, 0.15) is 0 Å². The first-order chi connectivity index (χ1) is 5.88. The highest BCUT2D eigenvalue weighted by Gasteiger charge is 1.99. The highest BCUT2D eigenvalue weighted by molar-refractivity contribution is 7.01. The molecule has 1 nitrogen and oxygen atoms in total. The van der Waals surface area contributed by atoms with Crippen LogP contribution in [0.5, 0.6) is 0 Å². The molecule has 1 rings (SSSR count). The minimum atomic E-state index is 0.372. The molecule has 1 N–H and O–H groups in total. The molecule has 0 atom stereocenters. The maximum absolute atomic E-state index is 5.81. The van der Waals surface area contributed by atoms with Gasteiger partial charge in [-0.05, 0) is 17.3 Å². The third-order valence-electron chi connectivity index (χ3n) is 1.68. The zero-order valence-electron chi connectivity index (χ0n) is 7.10. The average Bonchev–Trinajstić information content (AvgIpc) is 2.15. The summed E-state index contributed by atoms with van der Waals surface area (Å²) in [6, 6.07) is 8.28. The Morgan fingerprint density at radius 1 is 1.42 bits per heavy atom. The molecular weight excluding hydrogens is 186 g/mol. The molecule has 0 aliphatic rings. The van der Waals surface area contributed by atoms with Gasteiger partial charge in [-0.15, -0.1) is 0 Å². The molecule has 0 saturated heterocycles. The molecule has 1 aromatic rings. The zero-order chi connectivity index (χ0) is 8.81. The second-order valence-electron chi connectivity index (χ2n) is 2.53. The van der Waals surface area contributed by atoms with Gasteiger partial charge < -0.3 is 5.32 Å². The van der Waals surface area contributed by atoms with E-state index in [1.54, 1.807) is 0 Å². The highest BCUT2D eigenvalue weighted by atomic mass is 35.6. The van der Waals surface area contributed by atoms with Gasteiger partial charge in [0.25, 0.3) is 0 Å². The third-order valence-corrected chi connectivity index (χ3v) is 2.99. The fourth-order valence-corrected chi connectivity index (χ4v) is 2.03. The Bertz CT molecular complexity index is 240. The van der Waals surface area contributed by atoms with Gasteiger partial charge in [0.2, 0.25) is 8.83 Å². The quantitative estimate of drug-likeness (QED) is 0.567. The van der Waals surface area contributed by atoms with Crippen molar-refractivity contribution in [2.75, 3.05) is 6.54 Å². The van der Waals surface area contributed by atoms with Crippen LogP contribution in [0.25, 0.3) is 0 Å². The lowest BCUT2D eigenvalue weighted by Crippen LogP contribution is -2.21. The monoisotopic (exact) mass is 197 g/mol. The van der Waals surface area contributed by atoms with Crippen LogP contribution in [0.2, 0.25) is 0 Å². The molecule has 3 heteroatoms. The van der Waals surface area contributed by atoms with Crippen molar-refractivity contribution in [3.8, 4) is 0 Å². The van der Waals surface area contributed by atoms with E-state index in [4.69, 9.17) is 11.1 Å². The lowest BCUT2D eigenvalue weighted by molar-refractivity contribution is 0.729. The van der Waals surface area contributed by atoms with Gasteiger partial charge in [-0.1, -0.05) is 31.2 Å². The summed E-state index contributed by atoms with van der Waals surface area (Å²) in [5.41, 5.74) is 1.31. The van der Waals surface area contributed by atoms with E-state index in [-0.39, 0.29) is 0 Å². The molecule has 1 aromatic carbocycles. The lowest BCUT2D eigenvalue weighted by Gasteiger charge is -2.05. The van der Waals surface area contributed by atoms with Gasteiger partial charge in [-0.25, -0.2) is 0 Å². The van der Waals surface area contributed by atoms with Crippen molar-refractivity contribution < 1.29 is 0 Å². The van der Waals surface area contributed by atoms with Crippen LogP contribution < -0.4 is 10.5 Å². The molecule has 0 amide bonds. The van der Waals surface area contributed by atoms with Gasteiger partial charge in [0.05, 0.1) is 0 Å². The SMILES string of the molecule is CCNCc1ccccc1[Si]Cl. The van der Waals surface area contributed by atoms with E-state index < -0.39 is 0 Å². The average molecular weight is 198 g/mol. The van der Waals surface area contributed by atoms with E-state index in [0.717, 1.165) is 13.1 Å². The third kappa shape index (κ3) is 2.63. The van der Waals surface area contributed by atoms with Gasteiger partial charge in [0, 0.05) is 6.54 Å². The van der Waals surface area contributed by atoms with Crippen LogP contribution >= 0.6 is 11.1 Å². The zero-order valence-corrected chi connectivity index (χ0v) is 8.86. The first kappa shape index (κ1) is 9.77. The van der Waals surface area contributed by atoms with Crippen molar-refractivity contribution >= 4 is 25.1 Å². The number of halogens is 1. The first-order valence-corrected chi connectivity index (χ1v) is 6.05. The minimum Gasteiger partial charge on any atom is -0.313 e. The topological polar surface area (TPSA) is 12.0 Å². The predicted octanol–water partition coefficient (Wildman–Crippen LogP) is 1.28. The molecule has 0 aromatic heterocycles. The van der Waals surface area contributed by atoms with Crippen LogP contribution in [0, 0.1) is 0 Å². The fourth-order valence-electron chi connectivity index (χ4n) is 1.03. The van der Waals surface area contributed by atoms with Crippen molar-refractivity contribution in [1.82, 2.24) is 5.32 Å². The molecule has 2 radical (unpaired) electrons. The second kappa shape index (κ2) is 5.35. The molecular formula is C9H12ClNSi. The summed E-state index contributed by atoms with van der Waals surface area (Å²) >= 11 is 5.81. The Hall–Kier alpha value is -0.313. The molecule has 0 unspecified atom stereocenters. The summed E-state index contributed by atoms with van der Waals surface area (Å²) in [5.74, 6) is 0. The van der Waals surface area contributed by atoms with Crippen LogP contribution in [-0.2, 0) is 6.54 Å².